The second-order valence-electron chi connectivity index (χ2n) is 10.3. The monoisotopic (exact) mass is 591 g/mol. The van der Waals surface area contributed by atoms with E-state index in [2.05, 4.69) is 15.0 Å². The lowest BCUT2D eigenvalue weighted by molar-refractivity contribution is -0.443. The molecule has 4 bridgehead atoms. The van der Waals surface area contributed by atoms with Crippen molar-refractivity contribution in [2.24, 2.45) is 5.92 Å². The van der Waals surface area contributed by atoms with Crippen molar-refractivity contribution in [1.82, 2.24) is 15.0 Å². The third kappa shape index (κ3) is 4.05. The van der Waals surface area contributed by atoms with Gasteiger partial charge in [-0.2, -0.15) is 14.4 Å². The van der Waals surface area contributed by atoms with E-state index in [1.54, 1.807) is 4.90 Å². The molecule has 0 radical (unpaired) electrons. The zero-order valence-electron chi connectivity index (χ0n) is 21.3. The molecule has 1 saturated carbocycles. The molecule has 4 aliphatic rings. The van der Waals surface area contributed by atoms with E-state index in [0.717, 1.165) is 12.1 Å². The highest BCUT2D eigenvalue weighted by Crippen LogP contribution is 2.50. The van der Waals surface area contributed by atoms with Gasteiger partial charge in [0.25, 0.3) is 0 Å². The van der Waals surface area contributed by atoms with Crippen LogP contribution >= 0.6 is 0 Å². The van der Waals surface area contributed by atoms with Crippen molar-refractivity contribution in [3.05, 3.63) is 41.6 Å². The Morgan fingerprint density at radius 1 is 1.02 bits per heavy atom. The summed E-state index contributed by atoms with van der Waals surface area (Å²) in [6.07, 6.45) is -1.38. The van der Waals surface area contributed by atoms with Crippen LogP contribution in [0.3, 0.4) is 0 Å². The summed E-state index contributed by atoms with van der Waals surface area (Å²) in [5.41, 5.74) is 4.28. The number of hydrogen-bond donors (Lipinski definition) is 5. The van der Waals surface area contributed by atoms with Crippen molar-refractivity contribution in [3.63, 3.8) is 0 Å². The molecule has 2 fully saturated rings. The number of hydrogen-bond acceptors (Lipinski definition) is 12. The van der Waals surface area contributed by atoms with E-state index in [4.69, 9.17) is 19.9 Å². The average Bonchev–Trinajstić information content (AvgIpc) is 3.64. The van der Waals surface area contributed by atoms with Crippen LogP contribution in [-0.2, 0) is 4.74 Å². The predicted molar refractivity (Wildman–Crippen MR) is 135 cm³/mol. The summed E-state index contributed by atoms with van der Waals surface area (Å²) in [6, 6.07) is 0.788. The number of nitrogen functional groups attached to an aromatic ring is 1. The summed E-state index contributed by atoms with van der Waals surface area (Å²) in [5, 5.41) is 39.0. The quantitative estimate of drug-likeness (QED) is 0.0993. The Bertz CT molecular complexity index is 1790. The number of ether oxygens (including phenoxy) is 3. The van der Waals surface area contributed by atoms with Gasteiger partial charge in [-0.1, -0.05) is 6.42 Å². The van der Waals surface area contributed by atoms with E-state index in [1.165, 1.54) is 6.20 Å². The summed E-state index contributed by atoms with van der Waals surface area (Å²) >= 11 is 0. The highest BCUT2D eigenvalue weighted by atomic mass is 19.2. The average molecular weight is 591 g/mol. The maximum atomic E-state index is 16.4. The second-order valence-corrected chi connectivity index (χ2v) is 10.3. The number of nitrogens with two attached hydrogens (primary N) is 1. The lowest BCUT2D eigenvalue weighted by atomic mass is 9.97. The Hall–Kier alpha value is -4.09. The highest BCUT2D eigenvalue weighted by molar-refractivity contribution is 6.04. The van der Waals surface area contributed by atoms with Gasteiger partial charge in [-0.15, -0.1) is 0 Å². The fourth-order valence-corrected chi connectivity index (χ4v) is 5.98. The van der Waals surface area contributed by atoms with E-state index in [-0.39, 0.29) is 22.8 Å². The van der Waals surface area contributed by atoms with Gasteiger partial charge in [-0.3, -0.25) is 9.72 Å². The molecule has 6 N–H and O–H groups in total. The van der Waals surface area contributed by atoms with Crippen LogP contribution in [0.25, 0.3) is 32.9 Å². The smallest absolute Gasteiger partial charge is 0.413 e. The Balaban J connectivity index is 1.60. The first-order valence-electron chi connectivity index (χ1n) is 12.8. The molecule has 3 aliphatic heterocycles. The van der Waals surface area contributed by atoms with Gasteiger partial charge >= 0.3 is 18.6 Å². The topological polar surface area (TPSA) is 177 Å². The molecule has 8 rings (SSSR count). The van der Waals surface area contributed by atoms with E-state index in [9.17, 15) is 24.8 Å². The number of aromatic nitrogens is 3. The predicted octanol–water partition coefficient (Wildman–Crippen LogP) is 1.99. The van der Waals surface area contributed by atoms with Crippen molar-refractivity contribution in [3.8, 4) is 23.0 Å². The number of aliphatic hydroxyl groups excluding tert-OH is 1. The highest BCUT2D eigenvalue weighted by Gasteiger charge is 2.59. The van der Waals surface area contributed by atoms with E-state index in [0.29, 0.717) is 25.8 Å². The molecule has 1 aliphatic carbocycles. The van der Waals surface area contributed by atoms with Crippen LogP contribution in [-0.4, -0.2) is 66.7 Å². The SMILES string of the molecule is Nc1cc2c3c(c(F)c(F)c(F)c3c1)OC(O)(O)OC1C3CCCCN(c4nc(OC(O)O)nc5c(F)c-2ncc45)C31. The molecule has 2 aromatic heterocycles. The fraction of sp³-hybridized carbons (Fsp3) is 0.346. The lowest BCUT2D eigenvalue weighted by Gasteiger charge is -2.28. The van der Waals surface area contributed by atoms with Crippen molar-refractivity contribution < 1.29 is 52.2 Å². The normalized spacial score (nSPS) is 22.7. The standard InChI is InChI=1S/C26H21F4N5O7/c27-14-10-5-8(31)6-11-13(10)22(16(29)15(14)28)42-26(38,39)41-21-9-3-1-2-4-35(20(9)21)23-12-7-32-18(11)17(30)19(12)33-24(34-23)40-25(36)37/h5-7,9,20-21,25,36-39H,1-4,31H2. The van der Waals surface area contributed by atoms with Gasteiger partial charge in [0.1, 0.15) is 17.0 Å². The number of nitrogens with zero attached hydrogens (tertiary/aromatic N) is 4. The fourth-order valence-electron chi connectivity index (χ4n) is 5.98. The third-order valence-corrected chi connectivity index (χ3v) is 7.72. The Labute approximate surface area is 232 Å². The Morgan fingerprint density at radius 2 is 1.81 bits per heavy atom. The molecule has 0 amide bonds. The summed E-state index contributed by atoms with van der Waals surface area (Å²) in [7, 11) is 0. The van der Waals surface area contributed by atoms with Crippen molar-refractivity contribution in [1.29, 1.82) is 0 Å². The Kier molecular flexibility index (Phi) is 5.87. The first-order chi connectivity index (χ1) is 19.9. The van der Waals surface area contributed by atoms with Gasteiger partial charge in [0.15, 0.2) is 23.2 Å². The molecular weight excluding hydrogens is 570 g/mol. The molecular formula is C26H21F4N5O7. The van der Waals surface area contributed by atoms with Gasteiger partial charge in [0.2, 0.25) is 5.82 Å². The lowest BCUT2D eigenvalue weighted by Crippen LogP contribution is -2.42. The molecule has 4 aromatic rings. The van der Waals surface area contributed by atoms with Crippen LogP contribution < -0.4 is 20.1 Å². The second kappa shape index (κ2) is 9.20. The number of pyridine rings is 1. The minimum absolute atomic E-state index is 0.0618. The molecule has 12 nitrogen and oxygen atoms in total. The maximum absolute atomic E-state index is 16.4. The summed E-state index contributed by atoms with van der Waals surface area (Å²) in [6.45, 7) is -2.03. The van der Waals surface area contributed by atoms with Crippen molar-refractivity contribution in [2.75, 3.05) is 17.2 Å². The number of benzene rings is 2. The molecule has 1 saturated heterocycles. The number of halogens is 4. The first-order valence-corrected chi connectivity index (χ1v) is 12.8. The molecule has 3 unspecified atom stereocenters. The molecule has 16 heteroatoms. The van der Waals surface area contributed by atoms with Crippen LogP contribution in [0.15, 0.2) is 18.3 Å². The van der Waals surface area contributed by atoms with E-state index >= 15 is 13.2 Å². The van der Waals surface area contributed by atoms with Crippen LogP contribution in [0, 0.1) is 29.2 Å². The zero-order valence-corrected chi connectivity index (χ0v) is 21.3. The van der Waals surface area contributed by atoms with Gasteiger partial charge in [0, 0.05) is 40.7 Å². The molecule has 5 heterocycles. The minimum Gasteiger partial charge on any atom is -0.413 e. The van der Waals surface area contributed by atoms with E-state index < -0.39 is 87.4 Å². The van der Waals surface area contributed by atoms with Crippen LogP contribution in [0.1, 0.15) is 19.3 Å². The molecule has 220 valence electrons. The summed E-state index contributed by atoms with van der Waals surface area (Å²) in [4.78, 5) is 14.1. The Morgan fingerprint density at radius 3 is 2.57 bits per heavy atom. The van der Waals surface area contributed by atoms with Gasteiger partial charge in [0.05, 0.1) is 17.5 Å². The van der Waals surface area contributed by atoms with Crippen molar-refractivity contribution in [2.45, 2.75) is 44.0 Å². The van der Waals surface area contributed by atoms with E-state index in [1.807, 2.05) is 0 Å². The van der Waals surface area contributed by atoms with Gasteiger partial charge < -0.3 is 40.5 Å². The van der Waals surface area contributed by atoms with Gasteiger partial charge in [-0.25, -0.2) is 13.2 Å². The number of fused-ring (bicyclic) bond motifs is 3. The minimum atomic E-state index is -3.55. The number of aliphatic hydroxyl groups is 4. The van der Waals surface area contributed by atoms with Gasteiger partial charge in [-0.05, 0) is 25.0 Å². The molecule has 2 aromatic carbocycles. The van der Waals surface area contributed by atoms with Crippen LogP contribution in [0.2, 0.25) is 0 Å². The number of rotatable bonds is 2. The van der Waals surface area contributed by atoms with Crippen molar-refractivity contribution >= 4 is 33.2 Å². The molecule has 42 heavy (non-hydrogen) atoms. The van der Waals surface area contributed by atoms with Crippen LogP contribution in [0.4, 0.5) is 29.1 Å². The largest absolute Gasteiger partial charge is 0.456 e. The summed E-state index contributed by atoms with van der Waals surface area (Å²) in [5.74, 6) is -8.28. The zero-order chi connectivity index (χ0) is 29.7. The maximum Gasteiger partial charge on any atom is 0.456 e. The molecule has 0 spiro atoms. The van der Waals surface area contributed by atoms with Crippen LogP contribution in [0.5, 0.6) is 11.8 Å². The number of anilines is 2. The summed E-state index contributed by atoms with van der Waals surface area (Å²) < 4.78 is 76.9. The molecule has 3 atom stereocenters. The third-order valence-electron chi connectivity index (χ3n) is 7.72. The first kappa shape index (κ1) is 26.8.